The van der Waals surface area contributed by atoms with Crippen molar-refractivity contribution in [1.29, 1.82) is 0 Å². The van der Waals surface area contributed by atoms with Gasteiger partial charge in [-0.15, -0.1) is 0 Å². The first kappa shape index (κ1) is 18.6. The lowest BCUT2D eigenvalue weighted by Crippen LogP contribution is -2.20. The summed E-state index contributed by atoms with van der Waals surface area (Å²) in [6.45, 7) is 1.15. The van der Waals surface area contributed by atoms with Crippen LogP contribution in [0.2, 0.25) is 0 Å². The molecule has 1 N–H and O–H groups in total. The molecular formula is C24H20FN3O. The highest BCUT2D eigenvalue weighted by molar-refractivity contribution is 5.91. The molecule has 0 aliphatic rings. The fraction of sp³-hybridized carbons (Fsp3) is 0.0833. The number of para-hydroxylation sites is 2. The highest BCUT2D eigenvalue weighted by Gasteiger charge is 2.03. The number of hydrogen-bond acceptors (Lipinski definition) is 2. The minimum atomic E-state index is -0.349. The van der Waals surface area contributed by atoms with E-state index in [9.17, 15) is 9.18 Å². The zero-order valence-corrected chi connectivity index (χ0v) is 15.8. The molecule has 0 bridgehead atoms. The first-order valence-electron chi connectivity index (χ1n) is 9.37. The van der Waals surface area contributed by atoms with Crippen molar-refractivity contribution in [1.82, 2.24) is 14.9 Å². The molecule has 0 aliphatic heterocycles. The van der Waals surface area contributed by atoms with Crippen LogP contribution in [0.15, 0.2) is 85.2 Å². The highest BCUT2D eigenvalue weighted by atomic mass is 19.1. The maximum absolute atomic E-state index is 13.6. The van der Waals surface area contributed by atoms with Crippen molar-refractivity contribution in [2.45, 2.75) is 13.1 Å². The first-order chi connectivity index (χ1) is 14.2. The van der Waals surface area contributed by atoms with Gasteiger partial charge < -0.3 is 9.88 Å². The fourth-order valence-corrected chi connectivity index (χ4v) is 3.12. The van der Waals surface area contributed by atoms with E-state index in [0.717, 1.165) is 28.7 Å². The summed E-state index contributed by atoms with van der Waals surface area (Å²) in [5.41, 5.74) is 4.62. The third kappa shape index (κ3) is 4.58. The van der Waals surface area contributed by atoms with E-state index in [2.05, 4.69) is 20.9 Å². The minimum absolute atomic E-state index is 0.262. The molecule has 0 unspecified atom stereocenters. The van der Waals surface area contributed by atoms with Crippen LogP contribution in [-0.2, 0) is 17.9 Å². The molecule has 1 aromatic heterocycles. The zero-order chi connectivity index (χ0) is 20.1. The van der Waals surface area contributed by atoms with Crippen molar-refractivity contribution >= 4 is 23.0 Å². The summed E-state index contributed by atoms with van der Waals surface area (Å²) in [4.78, 5) is 16.4. The zero-order valence-electron chi connectivity index (χ0n) is 15.8. The van der Waals surface area contributed by atoms with Gasteiger partial charge in [0.05, 0.1) is 17.4 Å². The number of aromatic nitrogens is 2. The molecule has 0 aliphatic carbocycles. The number of hydrogen-bond donors (Lipinski definition) is 1. The Morgan fingerprint density at radius 1 is 0.966 bits per heavy atom. The molecular weight excluding hydrogens is 365 g/mol. The summed E-state index contributed by atoms with van der Waals surface area (Å²) >= 11 is 0. The van der Waals surface area contributed by atoms with Crippen LogP contribution >= 0.6 is 0 Å². The Bertz CT molecular complexity index is 1160. The molecule has 0 atom stereocenters. The number of amides is 1. The van der Waals surface area contributed by atoms with Crippen LogP contribution in [0.25, 0.3) is 17.1 Å². The number of benzene rings is 3. The number of carbonyl (C=O) groups is 1. The van der Waals surface area contributed by atoms with E-state index in [1.54, 1.807) is 18.2 Å². The van der Waals surface area contributed by atoms with E-state index in [1.807, 2.05) is 48.8 Å². The van der Waals surface area contributed by atoms with E-state index in [-0.39, 0.29) is 11.7 Å². The second kappa shape index (κ2) is 8.52. The van der Waals surface area contributed by atoms with Crippen LogP contribution in [0.1, 0.15) is 16.7 Å². The fourth-order valence-electron chi connectivity index (χ4n) is 3.12. The van der Waals surface area contributed by atoms with E-state index >= 15 is 0 Å². The van der Waals surface area contributed by atoms with Crippen molar-refractivity contribution in [3.63, 3.8) is 0 Å². The van der Waals surface area contributed by atoms with Gasteiger partial charge in [-0.2, -0.15) is 0 Å². The van der Waals surface area contributed by atoms with Crippen LogP contribution < -0.4 is 5.32 Å². The Morgan fingerprint density at radius 2 is 1.69 bits per heavy atom. The maximum atomic E-state index is 13.6. The molecule has 0 saturated heterocycles. The van der Waals surface area contributed by atoms with Gasteiger partial charge in [0, 0.05) is 24.7 Å². The topological polar surface area (TPSA) is 46.9 Å². The monoisotopic (exact) mass is 385 g/mol. The van der Waals surface area contributed by atoms with Gasteiger partial charge >= 0.3 is 0 Å². The molecule has 1 heterocycles. The normalized spacial score (nSPS) is 11.2. The largest absolute Gasteiger partial charge is 0.348 e. The molecule has 4 aromatic rings. The Morgan fingerprint density at radius 3 is 2.52 bits per heavy atom. The molecule has 0 fully saturated rings. The third-order valence-electron chi connectivity index (χ3n) is 4.69. The van der Waals surface area contributed by atoms with E-state index in [0.29, 0.717) is 12.1 Å². The van der Waals surface area contributed by atoms with Crippen LogP contribution in [0.5, 0.6) is 0 Å². The van der Waals surface area contributed by atoms with Gasteiger partial charge in [-0.25, -0.2) is 9.37 Å². The van der Waals surface area contributed by atoms with Crippen LogP contribution in [-0.4, -0.2) is 15.5 Å². The molecule has 144 valence electrons. The lowest BCUT2D eigenvalue weighted by atomic mass is 10.1. The molecule has 4 nitrogen and oxygen atoms in total. The number of nitrogens with zero attached hydrogens (tertiary/aromatic N) is 2. The van der Waals surface area contributed by atoms with Crippen LogP contribution in [0, 0.1) is 5.82 Å². The van der Waals surface area contributed by atoms with Crippen molar-refractivity contribution in [2.75, 3.05) is 0 Å². The average molecular weight is 385 g/mol. The molecule has 0 saturated carbocycles. The van der Waals surface area contributed by atoms with Crippen LogP contribution in [0.4, 0.5) is 4.39 Å². The Kier molecular flexibility index (Phi) is 5.47. The summed E-state index contributed by atoms with van der Waals surface area (Å²) < 4.78 is 15.7. The van der Waals surface area contributed by atoms with Gasteiger partial charge in [-0.3, -0.25) is 4.79 Å². The van der Waals surface area contributed by atoms with E-state index < -0.39 is 0 Å². The highest BCUT2D eigenvalue weighted by Crippen LogP contribution is 2.14. The Balaban J connectivity index is 1.33. The third-order valence-corrected chi connectivity index (χ3v) is 4.69. The minimum Gasteiger partial charge on any atom is -0.348 e. The molecule has 4 rings (SSSR count). The summed E-state index contributed by atoms with van der Waals surface area (Å²) in [6, 6.07) is 22.5. The number of fused-ring (bicyclic) bond motifs is 1. The van der Waals surface area contributed by atoms with Crippen molar-refractivity contribution < 1.29 is 9.18 Å². The van der Waals surface area contributed by atoms with Gasteiger partial charge in [-0.05, 0) is 35.4 Å². The maximum Gasteiger partial charge on any atom is 0.244 e. The number of imidazole rings is 1. The predicted molar refractivity (Wildman–Crippen MR) is 113 cm³/mol. The Labute approximate surface area is 168 Å². The van der Waals surface area contributed by atoms with Gasteiger partial charge in [0.2, 0.25) is 5.91 Å². The van der Waals surface area contributed by atoms with Crippen molar-refractivity contribution in [3.8, 4) is 0 Å². The summed E-state index contributed by atoms with van der Waals surface area (Å²) in [5.74, 6) is -0.611. The molecule has 0 radical (unpaired) electrons. The predicted octanol–water partition coefficient (Wildman–Crippen LogP) is 4.55. The van der Waals surface area contributed by atoms with Gasteiger partial charge in [0.25, 0.3) is 0 Å². The number of carbonyl (C=O) groups excluding carboxylic acids is 1. The van der Waals surface area contributed by atoms with Gasteiger partial charge in [-0.1, -0.05) is 54.6 Å². The summed E-state index contributed by atoms with van der Waals surface area (Å²) in [6.07, 6.45) is 4.67. The molecule has 1 amide bonds. The van der Waals surface area contributed by atoms with Crippen molar-refractivity contribution in [3.05, 3.63) is 108 Å². The second-order valence-corrected chi connectivity index (χ2v) is 6.75. The average Bonchev–Trinajstić information content (AvgIpc) is 3.15. The van der Waals surface area contributed by atoms with E-state index in [1.165, 1.54) is 18.2 Å². The number of halogens is 1. The smallest absolute Gasteiger partial charge is 0.244 e. The molecule has 29 heavy (non-hydrogen) atoms. The Hall–Kier alpha value is -3.73. The second-order valence-electron chi connectivity index (χ2n) is 6.75. The summed E-state index contributed by atoms with van der Waals surface area (Å²) in [7, 11) is 0. The van der Waals surface area contributed by atoms with Gasteiger partial charge in [0.15, 0.2) is 0 Å². The van der Waals surface area contributed by atoms with Crippen molar-refractivity contribution in [2.24, 2.45) is 0 Å². The SMILES string of the molecule is O=C(/C=C/c1ccccc1F)NCc1ccc(Cn2cnc3ccccc32)cc1. The van der Waals surface area contributed by atoms with Crippen LogP contribution in [0.3, 0.4) is 0 Å². The molecule has 3 aromatic carbocycles. The lowest BCUT2D eigenvalue weighted by Gasteiger charge is -2.07. The molecule has 0 spiro atoms. The lowest BCUT2D eigenvalue weighted by molar-refractivity contribution is -0.116. The summed E-state index contributed by atoms with van der Waals surface area (Å²) in [5, 5.41) is 2.81. The first-order valence-corrected chi connectivity index (χ1v) is 9.37. The standard InChI is InChI=1S/C24H20FN3O/c25-21-6-2-1-5-20(21)13-14-24(29)26-15-18-9-11-19(12-10-18)16-28-17-27-22-7-3-4-8-23(22)28/h1-14,17H,15-16H2,(H,26,29)/b14-13+. The molecule has 5 heteroatoms. The van der Waals surface area contributed by atoms with E-state index in [4.69, 9.17) is 0 Å². The number of nitrogens with one attached hydrogen (secondary N) is 1. The number of rotatable bonds is 6. The van der Waals surface area contributed by atoms with Gasteiger partial charge in [0.1, 0.15) is 5.82 Å². The quantitative estimate of drug-likeness (QED) is 0.495.